The normalized spacial score (nSPS) is 16.9. The van der Waals surface area contributed by atoms with Crippen molar-refractivity contribution in [1.82, 2.24) is 0 Å². The van der Waals surface area contributed by atoms with Gasteiger partial charge in [0.1, 0.15) is 5.75 Å². The molecule has 2 aromatic rings. The van der Waals surface area contributed by atoms with Crippen LogP contribution in [0.1, 0.15) is 22.3 Å². The number of nitrogens with one attached hydrogen (secondary N) is 1. The van der Waals surface area contributed by atoms with Crippen molar-refractivity contribution in [1.29, 1.82) is 0 Å². The minimum atomic E-state index is 0.0622. The SMILES string of the molecule is COc1ccc2c(c1)CC/C(=C\Nc1ccc3c(c1)OCO3)C2=O. The fourth-order valence-electron chi connectivity index (χ4n) is 2.98. The first-order chi connectivity index (χ1) is 11.7. The summed E-state index contributed by atoms with van der Waals surface area (Å²) >= 11 is 0. The van der Waals surface area contributed by atoms with Crippen LogP contribution in [0.15, 0.2) is 48.2 Å². The first kappa shape index (κ1) is 14.6. The lowest BCUT2D eigenvalue weighted by Crippen LogP contribution is -2.15. The van der Waals surface area contributed by atoms with E-state index < -0.39 is 0 Å². The highest BCUT2D eigenvalue weighted by atomic mass is 16.7. The first-order valence-corrected chi connectivity index (χ1v) is 7.81. The van der Waals surface area contributed by atoms with Crippen LogP contribution in [0, 0.1) is 0 Å². The van der Waals surface area contributed by atoms with Crippen LogP contribution in [0.5, 0.6) is 17.2 Å². The number of allylic oxidation sites excluding steroid dienone is 1. The summed E-state index contributed by atoms with van der Waals surface area (Å²) in [7, 11) is 1.63. The third-order valence-corrected chi connectivity index (χ3v) is 4.30. The second kappa shape index (κ2) is 5.92. The minimum Gasteiger partial charge on any atom is -0.497 e. The first-order valence-electron chi connectivity index (χ1n) is 7.81. The molecule has 5 heteroatoms. The molecule has 1 aliphatic heterocycles. The molecule has 122 valence electrons. The third kappa shape index (κ3) is 2.58. The summed E-state index contributed by atoms with van der Waals surface area (Å²) in [6.45, 7) is 0.249. The van der Waals surface area contributed by atoms with Gasteiger partial charge >= 0.3 is 0 Å². The molecule has 0 saturated carbocycles. The zero-order valence-corrected chi connectivity index (χ0v) is 13.3. The van der Waals surface area contributed by atoms with Crippen molar-refractivity contribution >= 4 is 11.5 Å². The lowest BCUT2D eigenvalue weighted by molar-refractivity contribution is 0.102. The van der Waals surface area contributed by atoms with Crippen molar-refractivity contribution < 1.29 is 19.0 Å². The van der Waals surface area contributed by atoms with Crippen LogP contribution in [-0.2, 0) is 6.42 Å². The Morgan fingerprint density at radius 2 is 1.96 bits per heavy atom. The molecule has 24 heavy (non-hydrogen) atoms. The summed E-state index contributed by atoms with van der Waals surface area (Å²) in [5.74, 6) is 2.30. The van der Waals surface area contributed by atoms with E-state index in [4.69, 9.17) is 14.2 Å². The number of carbonyl (C=O) groups excluding carboxylic acids is 1. The standard InChI is InChI=1S/C19H17NO4/c1-22-15-5-6-16-12(8-15)2-3-13(19(16)21)10-20-14-4-7-17-18(9-14)24-11-23-17/h4-10,20H,2-3,11H2,1H3/b13-10+. The second-order valence-electron chi connectivity index (χ2n) is 5.73. The highest BCUT2D eigenvalue weighted by Crippen LogP contribution is 2.34. The van der Waals surface area contributed by atoms with E-state index in [0.717, 1.165) is 40.3 Å². The highest BCUT2D eigenvalue weighted by molar-refractivity contribution is 6.11. The Bertz CT molecular complexity index is 841. The lowest BCUT2D eigenvalue weighted by Gasteiger charge is -2.18. The Morgan fingerprint density at radius 1 is 1.08 bits per heavy atom. The van der Waals surface area contributed by atoms with Gasteiger partial charge in [0.2, 0.25) is 6.79 Å². The number of hydrogen-bond acceptors (Lipinski definition) is 5. The molecule has 0 fully saturated rings. The summed E-state index contributed by atoms with van der Waals surface area (Å²) in [6, 6.07) is 11.2. The molecule has 1 N–H and O–H groups in total. The van der Waals surface area contributed by atoms with E-state index in [1.807, 2.05) is 36.4 Å². The largest absolute Gasteiger partial charge is 0.497 e. The van der Waals surface area contributed by atoms with Gasteiger partial charge in [-0.3, -0.25) is 4.79 Å². The summed E-state index contributed by atoms with van der Waals surface area (Å²) in [5.41, 5.74) is 3.42. The van der Waals surface area contributed by atoms with Crippen LogP contribution < -0.4 is 19.5 Å². The third-order valence-electron chi connectivity index (χ3n) is 4.30. The average molecular weight is 323 g/mol. The summed E-state index contributed by atoms with van der Waals surface area (Å²) in [5, 5.41) is 3.18. The van der Waals surface area contributed by atoms with Crippen molar-refractivity contribution in [3.05, 3.63) is 59.3 Å². The maximum atomic E-state index is 12.6. The Balaban J connectivity index is 1.54. The van der Waals surface area contributed by atoms with Crippen molar-refractivity contribution in [2.24, 2.45) is 0 Å². The minimum absolute atomic E-state index is 0.0622. The molecule has 2 aromatic carbocycles. The molecule has 0 saturated heterocycles. The van der Waals surface area contributed by atoms with Gasteiger partial charge in [0.15, 0.2) is 17.3 Å². The molecule has 0 aromatic heterocycles. The Hall–Kier alpha value is -2.95. The molecule has 0 spiro atoms. The molecular formula is C19H17NO4. The fraction of sp³-hybridized carbons (Fsp3) is 0.211. The Morgan fingerprint density at radius 3 is 2.83 bits per heavy atom. The molecule has 0 unspecified atom stereocenters. The molecule has 2 aliphatic rings. The molecule has 0 radical (unpaired) electrons. The number of carbonyl (C=O) groups is 1. The molecule has 1 aliphatic carbocycles. The molecule has 0 amide bonds. The summed E-state index contributed by atoms with van der Waals surface area (Å²) < 4.78 is 15.9. The number of anilines is 1. The number of methoxy groups -OCH3 is 1. The quantitative estimate of drug-likeness (QED) is 0.876. The van der Waals surface area contributed by atoms with Crippen molar-refractivity contribution in [3.63, 3.8) is 0 Å². The molecule has 0 atom stereocenters. The van der Waals surface area contributed by atoms with Gasteiger partial charge in [-0.05, 0) is 48.7 Å². The van der Waals surface area contributed by atoms with Crippen molar-refractivity contribution in [3.8, 4) is 17.2 Å². The van der Waals surface area contributed by atoms with Gasteiger partial charge in [0, 0.05) is 29.1 Å². The zero-order chi connectivity index (χ0) is 16.5. The van der Waals surface area contributed by atoms with Crippen LogP contribution in [0.2, 0.25) is 0 Å². The maximum absolute atomic E-state index is 12.6. The number of ether oxygens (including phenoxy) is 3. The predicted octanol–water partition coefficient (Wildman–Crippen LogP) is 3.55. The van der Waals surface area contributed by atoms with Crippen LogP contribution in [-0.4, -0.2) is 19.7 Å². The molecule has 1 heterocycles. The number of ketones is 1. The smallest absolute Gasteiger partial charge is 0.231 e. The van der Waals surface area contributed by atoms with Gasteiger partial charge in [0.05, 0.1) is 7.11 Å². The van der Waals surface area contributed by atoms with Gasteiger partial charge in [-0.25, -0.2) is 0 Å². The lowest BCUT2D eigenvalue weighted by atomic mass is 9.87. The van der Waals surface area contributed by atoms with E-state index in [1.165, 1.54) is 0 Å². The van der Waals surface area contributed by atoms with Gasteiger partial charge in [0.25, 0.3) is 0 Å². The molecule has 5 nitrogen and oxygen atoms in total. The van der Waals surface area contributed by atoms with E-state index in [-0.39, 0.29) is 12.6 Å². The van der Waals surface area contributed by atoms with Crippen LogP contribution in [0.4, 0.5) is 5.69 Å². The van der Waals surface area contributed by atoms with E-state index in [0.29, 0.717) is 12.2 Å². The monoisotopic (exact) mass is 323 g/mol. The van der Waals surface area contributed by atoms with Crippen LogP contribution in [0.3, 0.4) is 0 Å². The number of rotatable bonds is 3. The van der Waals surface area contributed by atoms with Gasteiger partial charge < -0.3 is 19.5 Å². The maximum Gasteiger partial charge on any atom is 0.231 e. The van der Waals surface area contributed by atoms with Crippen molar-refractivity contribution in [2.75, 3.05) is 19.2 Å². The van der Waals surface area contributed by atoms with Gasteiger partial charge in [-0.1, -0.05) is 0 Å². The fourth-order valence-corrected chi connectivity index (χ4v) is 2.98. The average Bonchev–Trinajstić information content (AvgIpc) is 3.08. The summed E-state index contributed by atoms with van der Waals surface area (Å²) in [6.07, 6.45) is 3.32. The molecule has 4 rings (SSSR count). The number of Topliss-reactive ketones (excluding diaryl/α,β-unsaturated/α-hetero) is 1. The number of fused-ring (bicyclic) bond motifs is 2. The molecule has 0 bridgehead atoms. The number of benzene rings is 2. The van der Waals surface area contributed by atoms with E-state index in [2.05, 4.69) is 5.32 Å². The zero-order valence-electron chi connectivity index (χ0n) is 13.3. The summed E-state index contributed by atoms with van der Waals surface area (Å²) in [4.78, 5) is 12.6. The molecular weight excluding hydrogens is 306 g/mol. The topological polar surface area (TPSA) is 56.8 Å². The number of hydrogen-bond donors (Lipinski definition) is 1. The highest BCUT2D eigenvalue weighted by Gasteiger charge is 2.22. The second-order valence-corrected chi connectivity index (χ2v) is 5.73. The number of aryl methyl sites for hydroxylation is 1. The Labute approximate surface area is 139 Å². The van der Waals surface area contributed by atoms with Crippen LogP contribution >= 0.6 is 0 Å². The Kier molecular flexibility index (Phi) is 3.61. The van der Waals surface area contributed by atoms with E-state index in [1.54, 1.807) is 13.3 Å². The van der Waals surface area contributed by atoms with Gasteiger partial charge in [-0.15, -0.1) is 0 Å². The predicted molar refractivity (Wildman–Crippen MR) is 89.9 cm³/mol. The van der Waals surface area contributed by atoms with Crippen molar-refractivity contribution in [2.45, 2.75) is 12.8 Å². The van der Waals surface area contributed by atoms with Crippen LogP contribution in [0.25, 0.3) is 0 Å². The van der Waals surface area contributed by atoms with Gasteiger partial charge in [-0.2, -0.15) is 0 Å². The van der Waals surface area contributed by atoms with E-state index >= 15 is 0 Å². The van der Waals surface area contributed by atoms with E-state index in [9.17, 15) is 4.79 Å².